The molecule has 0 saturated carbocycles. The molecule has 1 nitrogen and oxygen atoms in total. The standard InChI is InChI=1S/C17H31NP2.C6H16P2.H3P/c1-15-8-10-16(11-9-15)14-18(17(2,3)4)20(7)13-12-19(5)6;1-7(2)5-6-8(3)4;/h8-11H,12-14H2,1-7H3;5-6H2,1-4H3;1H3. The van der Waals surface area contributed by atoms with Crippen molar-refractivity contribution in [1.82, 2.24) is 4.67 Å². The summed E-state index contributed by atoms with van der Waals surface area (Å²) in [5.74, 6) is 0. The van der Waals surface area contributed by atoms with Gasteiger partial charge < -0.3 is 0 Å². The van der Waals surface area contributed by atoms with E-state index in [9.17, 15) is 0 Å². The van der Waals surface area contributed by atoms with Gasteiger partial charge >= 0.3 is 0 Å². The van der Waals surface area contributed by atoms with Crippen LogP contribution in [0.2, 0.25) is 0 Å². The Bertz CT molecular complexity index is 501. The van der Waals surface area contributed by atoms with Crippen LogP contribution in [0.5, 0.6) is 0 Å². The predicted molar refractivity (Wildman–Crippen MR) is 156 cm³/mol. The third-order valence-corrected chi connectivity index (χ3v) is 11.0. The maximum atomic E-state index is 2.71. The van der Waals surface area contributed by atoms with Crippen molar-refractivity contribution in [1.29, 1.82) is 0 Å². The Hall–Kier alpha value is 1.33. The van der Waals surface area contributed by atoms with Crippen molar-refractivity contribution in [3.63, 3.8) is 0 Å². The molecular weight excluding hydrogens is 445 g/mol. The molecule has 2 atom stereocenters. The first-order valence-corrected chi connectivity index (χ1v) is 19.5. The van der Waals surface area contributed by atoms with Crippen LogP contribution in [0.1, 0.15) is 31.9 Å². The van der Waals surface area contributed by atoms with Gasteiger partial charge in [-0.15, -0.1) is 23.8 Å². The van der Waals surface area contributed by atoms with E-state index < -0.39 is 0 Å². The van der Waals surface area contributed by atoms with Crippen molar-refractivity contribution < 1.29 is 0 Å². The lowest BCUT2D eigenvalue weighted by molar-refractivity contribution is 0.257. The van der Waals surface area contributed by atoms with Crippen LogP contribution < -0.4 is 0 Å². The number of nitrogens with zero attached hydrogens (tertiary/aromatic N) is 1. The highest BCUT2D eigenvalue weighted by atomic mass is 31.1. The molecule has 1 aromatic rings. The first kappa shape index (κ1) is 32.5. The topological polar surface area (TPSA) is 3.24 Å². The second-order valence-corrected chi connectivity index (χ2v) is 19.6. The van der Waals surface area contributed by atoms with Crippen molar-refractivity contribution >= 4 is 41.7 Å². The molecule has 0 radical (unpaired) electrons. The molecule has 0 aliphatic rings. The maximum absolute atomic E-state index is 2.71. The smallest absolute Gasteiger partial charge is 0.0278 e. The lowest BCUT2D eigenvalue weighted by atomic mass is 10.1. The van der Waals surface area contributed by atoms with E-state index in [2.05, 4.69) is 103 Å². The maximum Gasteiger partial charge on any atom is 0.0278 e. The van der Waals surface area contributed by atoms with Crippen LogP contribution >= 0.6 is 41.7 Å². The number of hydrogen-bond donors (Lipinski definition) is 0. The fourth-order valence-corrected chi connectivity index (χ4v) is 10.2. The number of benzene rings is 1. The first-order chi connectivity index (χ1) is 12.8. The molecule has 0 spiro atoms. The highest BCUT2D eigenvalue weighted by molar-refractivity contribution is 7.60. The van der Waals surface area contributed by atoms with Crippen LogP contribution in [0.15, 0.2) is 24.3 Å². The van der Waals surface area contributed by atoms with Crippen molar-refractivity contribution in [2.24, 2.45) is 0 Å². The van der Waals surface area contributed by atoms with E-state index >= 15 is 0 Å². The molecule has 1 aromatic carbocycles. The second-order valence-electron chi connectivity index (χ2n) is 9.51. The molecule has 0 aliphatic carbocycles. The molecule has 0 amide bonds. The normalized spacial score (nSPS) is 12.8. The lowest BCUT2D eigenvalue weighted by Crippen LogP contribution is -2.37. The van der Waals surface area contributed by atoms with Crippen LogP contribution in [0.3, 0.4) is 0 Å². The van der Waals surface area contributed by atoms with Crippen LogP contribution in [0.25, 0.3) is 0 Å². The predicted octanol–water partition coefficient (Wildman–Crippen LogP) is 7.89. The second kappa shape index (κ2) is 16.9. The van der Waals surface area contributed by atoms with Gasteiger partial charge in [-0.3, -0.25) is 4.67 Å². The summed E-state index contributed by atoms with van der Waals surface area (Å²) in [6.45, 7) is 26.9. The van der Waals surface area contributed by atoms with Gasteiger partial charge in [0.15, 0.2) is 0 Å². The largest absolute Gasteiger partial charge is 0.273 e. The van der Waals surface area contributed by atoms with Gasteiger partial charge in [0, 0.05) is 12.1 Å². The number of hydrogen-bond acceptors (Lipinski definition) is 1. The highest BCUT2D eigenvalue weighted by Gasteiger charge is 2.26. The van der Waals surface area contributed by atoms with Crippen LogP contribution in [-0.2, 0) is 6.54 Å². The third kappa shape index (κ3) is 17.6. The van der Waals surface area contributed by atoms with E-state index in [0.29, 0.717) is 15.8 Å². The van der Waals surface area contributed by atoms with Crippen LogP contribution in [0.4, 0.5) is 0 Å². The monoisotopic (exact) mass is 495 g/mol. The zero-order valence-electron chi connectivity index (χ0n) is 21.3. The molecule has 29 heavy (non-hydrogen) atoms. The number of aryl methyl sites for hydroxylation is 1. The van der Waals surface area contributed by atoms with Crippen molar-refractivity contribution in [3.8, 4) is 0 Å². The van der Waals surface area contributed by atoms with Gasteiger partial charge in [0.2, 0.25) is 0 Å². The molecular formula is C23H50NP5. The third-order valence-electron chi connectivity index (χ3n) is 4.50. The Kier molecular flexibility index (Phi) is 18.9. The molecule has 0 fully saturated rings. The molecule has 0 aromatic heterocycles. The van der Waals surface area contributed by atoms with E-state index in [-0.39, 0.29) is 31.4 Å². The Morgan fingerprint density at radius 1 is 0.690 bits per heavy atom. The minimum Gasteiger partial charge on any atom is -0.273 e. The van der Waals surface area contributed by atoms with Crippen molar-refractivity contribution in [2.75, 3.05) is 71.3 Å². The van der Waals surface area contributed by atoms with Crippen LogP contribution in [-0.4, -0.2) is 81.5 Å². The Morgan fingerprint density at radius 3 is 1.41 bits per heavy atom. The molecule has 0 bridgehead atoms. The molecule has 0 heterocycles. The number of rotatable bonds is 9. The fraction of sp³-hybridized carbons (Fsp3) is 0.739. The molecule has 0 N–H and O–H groups in total. The highest BCUT2D eigenvalue weighted by Crippen LogP contribution is 2.45. The minimum atomic E-state index is -0.0464. The Labute approximate surface area is 192 Å². The molecule has 6 heteroatoms. The molecule has 2 unspecified atom stereocenters. The van der Waals surface area contributed by atoms with E-state index in [1.165, 1.54) is 35.8 Å². The molecule has 0 aliphatic heterocycles. The Morgan fingerprint density at radius 2 is 1.07 bits per heavy atom. The molecule has 1 rings (SSSR count). The van der Waals surface area contributed by atoms with Gasteiger partial charge in [-0.2, -0.15) is 9.90 Å². The van der Waals surface area contributed by atoms with Gasteiger partial charge in [-0.05, 0) is 113 Å². The zero-order valence-corrected chi connectivity index (χ0v) is 26.3. The molecule has 0 saturated heterocycles. The van der Waals surface area contributed by atoms with Gasteiger partial charge in [0.1, 0.15) is 0 Å². The van der Waals surface area contributed by atoms with Crippen LogP contribution in [0, 0.1) is 6.92 Å². The van der Waals surface area contributed by atoms with E-state index in [1.54, 1.807) is 0 Å². The van der Waals surface area contributed by atoms with Gasteiger partial charge in [-0.25, -0.2) is 0 Å². The van der Waals surface area contributed by atoms with E-state index in [4.69, 9.17) is 0 Å². The Balaban J connectivity index is 0. The van der Waals surface area contributed by atoms with E-state index in [1.807, 2.05) is 0 Å². The van der Waals surface area contributed by atoms with Gasteiger partial charge in [0.25, 0.3) is 0 Å². The summed E-state index contributed by atoms with van der Waals surface area (Å²) in [4.78, 5) is 0. The fourth-order valence-electron chi connectivity index (χ4n) is 2.60. The summed E-state index contributed by atoms with van der Waals surface area (Å²) in [5.41, 5.74) is 3.03. The quantitative estimate of drug-likeness (QED) is 0.315. The average Bonchev–Trinajstić information content (AvgIpc) is 2.56. The van der Waals surface area contributed by atoms with Gasteiger partial charge in [-0.1, -0.05) is 29.8 Å². The summed E-state index contributed by atoms with van der Waals surface area (Å²) in [5, 5.41) is 0. The lowest BCUT2D eigenvalue weighted by Gasteiger charge is -2.40. The first-order valence-electron chi connectivity index (χ1n) is 10.3. The average molecular weight is 496 g/mol. The summed E-state index contributed by atoms with van der Waals surface area (Å²) < 4.78 is 2.71. The van der Waals surface area contributed by atoms with Crippen molar-refractivity contribution in [2.45, 2.75) is 39.8 Å². The SMILES string of the molecule is CP(C)CCP(C)C.Cc1ccc(CN(P(C)CCP(C)C)C(C)(C)C)cc1.P. The van der Waals surface area contributed by atoms with Gasteiger partial charge in [0.05, 0.1) is 0 Å². The van der Waals surface area contributed by atoms with Crippen molar-refractivity contribution in [3.05, 3.63) is 35.4 Å². The van der Waals surface area contributed by atoms with E-state index in [0.717, 1.165) is 6.54 Å². The summed E-state index contributed by atoms with van der Waals surface area (Å²) >= 11 is 0. The summed E-state index contributed by atoms with van der Waals surface area (Å²) in [7, 11) is 0.952. The summed E-state index contributed by atoms with van der Waals surface area (Å²) in [6.07, 6.45) is 5.73. The molecule has 172 valence electrons. The summed E-state index contributed by atoms with van der Waals surface area (Å²) in [6, 6.07) is 9.02. The zero-order chi connectivity index (χ0) is 21.9. The minimum absolute atomic E-state index is 0.